The largest absolute Gasteiger partial charge is 0.309 e. The van der Waals surface area contributed by atoms with Gasteiger partial charge in [0.2, 0.25) is 0 Å². The van der Waals surface area contributed by atoms with Gasteiger partial charge in [0, 0.05) is 39.5 Å². The number of hydrogen-bond donors (Lipinski definition) is 0. The summed E-state index contributed by atoms with van der Waals surface area (Å²) in [5.74, 6) is 0. The van der Waals surface area contributed by atoms with Crippen molar-refractivity contribution in [2.75, 3.05) is 0 Å². The normalized spacial score (nSPS) is 11.5. The summed E-state index contributed by atoms with van der Waals surface area (Å²) in [6.45, 7) is 8.50. The fourth-order valence-corrected chi connectivity index (χ4v) is 10.1. The van der Waals surface area contributed by atoms with Crippen molar-refractivity contribution >= 4 is 43.6 Å². The van der Waals surface area contributed by atoms with Gasteiger partial charge in [-0.15, -0.1) is 0 Å². The average Bonchev–Trinajstić information content (AvgIpc) is 3.88. The highest BCUT2D eigenvalue weighted by molar-refractivity contribution is 6.14. The standard InChI is InChI=1S/C64H46N4/c1-40-5-13-44(14-6-40)49-21-25-59-55(33-49)56-34-50(45-15-7-41(2)8-16-45)22-26-60(56)67(59)63-38-54(48-29-31-66-32-30-48)64(37-53(63)39-65)68-61-27-23-51(46-17-9-42(3)10-18-46)35-57(61)58-36-52(24-28-62(58)68)47-19-11-43(4)12-20-47/h5-38H,1-4H3. The summed E-state index contributed by atoms with van der Waals surface area (Å²) in [7, 11) is 0. The molecule has 0 aliphatic carbocycles. The molecule has 0 spiro atoms. The van der Waals surface area contributed by atoms with E-state index >= 15 is 0 Å². The zero-order chi connectivity index (χ0) is 46.0. The molecule has 4 nitrogen and oxygen atoms in total. The van der Waals surface area contributed by atoms with Gasteiger partial charge in [-0.3, -0.25) is 4.98 Å². The molecule has 12 rings (SSSR count). The highest BCUT2D eigenvalue weighted by Crippen LogP contribution is 2.43. The second-order valence-corrected chi connectivity index (χ2v) is 18.3. The number of nitriles is 1. The molecule has 0 unspecified atom stereocenters. The molecule has 0 aliphatic heterocycles. The number of benzene rings is 9. The van der Waals surface area contributed by atoms with Crippen LogP contribution in [0.5, 0.6) is 0 Å². The van der Waals surface area contributed by atoms with E-state index in [2.05, 4.69) is 242 Å². The van der Waals surface area contributed by atoms with Crippen LogP contribution in [0, 0.1) is 39.0 Å². The molecule has 0 radical (unpaired) electrons. The minimum Gasteiger partial charge on any atom is -0.309 e. The Morgan fingerprint density at radius 1 is 0.324 bits per heavy atom. The lowest BCUT2D eigenvalue weighted by Gasteiger charge is -2.19. The Morgan fingerprint density at radius 2 is 0.632 bits per heavy atom. The lowest BCUT2D eigenvalue weighted by Crippen LogP contribution is -2.04. The molecular weight excluding hydrogens is 825 g/mol. The molecular formula is C64H46N4. The molecule has 322 valence electrons. The van der Waals surface area contributed by atoms with Crippen LogP contribution in [0.4, 0.5) is 0 Å². The zero-order valence-electron chi connectivity index (χ0n) is 38.4. The van der Waals surface area contributed by atoms with Crippen LogP contribution in [0.1, 0.15) is 27.8 Å². The number of pyridine rings is 1. The fraction of sp³-hybridized carbons (Fsp3) is 0.0625. The molecule has 4 heteroatoms. The van der Waals surface area contributed by atoms with Crippen molar-refractivity contribution in [3.63, 3.8) is 0 Å². The van der Waals surface area contributed by atoms with Crippen LogP contribution in [0.3, 0.4) is 0 Å². The Kier molecular flexibility index (Phi) is 9.74. The number of fused-ring (bicyclic) bond motifs is 6. The summed E-state index contributed by atoms with van der Waals surface area (Å²) in [4.78, 5) is 4.45. The molecule has 0 atom stereocenters. The fourth-order valence-electron chi connectivity index (χ4n) is 10.1. The Labute approximate surface area is 396 Å². The Morgan fingerprint density at radius 3 is 0.956 bits per heavy atom. The first kappa shape index (κ1) is 40.7. The quantitative estimate of drug-likeness (QED) is 0.160. The van der Waals surface area contributed by atoms with Gasteiger partial charge in [0.25, 0.3) is 0 Å². The summed E-state index contributed by atoms with van der Waals surface area (Å²) in [5.41, 5.74) is 22.7. The smallest absolute Gasteiger partial charge is 0.101 e. The van der Waals surface area contributed by atoms with Crippen LogP contribution in [0.25, 0.3) is 111 Å². The Balaban J connectivity index is 1.13. The van der Waals surface area contributed by atoms with Crippen molar-refractivity contribution in [1.29, 1.82) is 5.26 Å². The highest BCUT2D eigenvalue weighted by Gasteiger charge is 2.23. The molecule has 3 aromatic heterocycles. The van der Waals surface area contributed by atoms with Gasteiger partial charge < -0.3 is 9.13 Å². The predicted octanol–water partition coefficient (Wildman–Crippen LogP) is 16.7. The van der Waals surface area contributed by atoms with Crippen LogP contribution in [-0.4, -0.2) is 14.1 Å². The van der Waals surface area contributed by atoms with Crippen LogP contribution in [0.2, 0.25) is 0 Å². The van der Waals surface area contributed by atoms with E-state index in [4.69, 9.17) is 0 Å². The van der Waals surface area contributed by atoms with Gasteiger partial charge in [-0.1, -0.05) is 144 Å². The van der Waals surface area contributed by atoms with Gasteiger partial charge in [-0.05, 0) is 151 Å². The Hall–Kier alpha value is -8.78. The average molecular weight is 871 g/mol. The van der Waals surface area contributed by atoms with Gasteiger partial charge in [-0.25, -0.2) is 0 Å². The molecule has 68 heavy (non-hydrogen) atoms. The van der Waals surface area contributed by atoms with Crippen molar-refractivity contribution in [2.45, 2.75) is 27.7 Å². The number of nitrogens with zero attached hydrogens (tertiary/aromatic N) is 4. The summed E-state index contributed by atoms with van der Waals surface area (Å²) in [5, 5.41) is 15.9. The van der Waals surface area contributed by atoms with E-state index in [1.54, 1.807) is 0 Å². The van der Waals surface area contributed by atoms with Gasteiger partial charge in [0.05, 0.1) is 39.0 Å². The molecule has 9 aromatic carbocycles. The molecule has 0 saturated heterocycles. The maximum absolute atomic E-state index is 11.4. The molecule has 0 N–H and O–H groups in total. The van der Waals surface area contributed by atoms with Gasteiger partial charge in [0.15, 0.2) is 0 Å². The van der Waals surface area contributed by atoms with Crippen molar-refractivity contribution in [2.24, 2.45) is 0 Å². The zero-order valence-corrected chi connectivity index (χ0v) is 38.4. The molecule has 12 aromatic rings. The van der Waals surface area contributed by atoms with Crippen LogP contribution in [-0.2, 0) is 0 Å². The maximum atomic E-state index is 11.4. The topological polar surface area (TPSA) is 46.5 Å². The van der Waals surface area contributed by atoms with E-state index < -0.39 is 0 Å². The molecule has 0 bridgehead atoms. The summed E-state index contributed by atoms with van der Waals surface area (Å²) in [6.07, 6.45) is 3.70. The van der Waals surface area contributed by atoms with Crippen molar-refractivity contribution in [3.8, 4) is 73.1 Å². The minimum atomic E-state index is 0.573. The van der Waals surface area contributed by atoms with E-state index in [0.717, 1.165) is 88.4 Å². The lowest BCUT2D eigenvalue weighted by molar-refractivity contribution is 1.13. The van der Waals surface area contributed by atoms with Gasteiger partial charge >= 0.3 is 0 Å². The van der Waals surface area contributed by atoms with Crippen molar-refractivity contribution in [1.82, 2.24) is 14.1 Å². The SMILES string of the molecule is Cc1ccc(-c2ccc3c(c2)c2cc(-c4ccc(C)cc4)ccc2n3-c2cc(-c3ccncc3)c(-n3c4ccc(-c5ccc(C)cc5)cc4c4cc(-c5ccc(C)cc5)ccc43)cc2C#N)cc1. The monoisotopic (exact) mass is 870 g/mol. The molecule has 0 aliphatic rings. The molecule has 0 fully saturated rings. The number of hydrogen-bond acceptors (Lipinski definition) is 2. The van der Waals surface area contributed by atoms with Crippen molar-refractivity contribution in [3.05, 3.63) is 234 Å². The minimum absolute atomic E-state index is 0.573. The van der Waals surface area contributed by atoms with Crippen LogP contribution >= 0.6 is 0 Å². The third-order valence-corrected chi connectivity index (χ3v) is 13.8. The second-order valence-electron chi connectivity index (χ2n) is 18.3. The van der Waals surface area contributed by atoms with Gasteiger partial charge in [-0.2, -0.15) is 5.26 Å². The highest BCUT2D eigenvalue weighted by atomic mass is 15.0. The van der Waals surface area contributed by atoms with Crippen LogP contribution < -0.4 is 0 Å². The third-order valence-electron chi connectivity index (χ3n) is 13.8. The summed E-state index contributed by atoms with van der Waals surface area (Å²) in [6, 6.07) is 73.2. The third kappa shape index (κ3) is 6.96. The summed E-state index contributed by atoms with van der Waals surface area (Å²) < 4.78 is 4.65. The second kappa shape index (κ2) is 16.3. The number of aromatic nitrogens is 3. The van der Waals surface area contributed by atoms with E-state index in [1.165, 1.54) is 44.5 Å². The lowest BCUT2D eigenvalue weighted by atomic mass is 9.99. The first-order valence-electron chi connectivity index (χ1n) is 23.2. The predicted molar refractivity (Wildman–Crippen MR) is 284 cm³/mol. The molecule has 0 amide bonds. The first-order valence-corrected chi connectivity index (χ1v) is 23.2. The summed E-state index contributed by atoms with van der Waals surface area (Å²) >= 11 is 0. The van der Waals surface area contributed by atoms with Gasteiger partial charge in [0.1, 0.15) is 6.07 Å². The number of aryl methyl sites for hydroxylation is 4. The number of rotatable bonds is 7. The maximum Gasteiger partial charge on any atom is 0.101 e. The van der Waals surface area contributed by atoms with Crippen molar-refractivity contribution < 1.29 is 0 Å². The Bertz CT molecular complexity index is 3750. The van der Waals surface area contributed by atoms with E-state index in [9.17, 15) is 5.26 Å². The van der Waals surface area contributed by atoms with E-state index in [1.807, 2.05) is 12.4 Å². The van der Waals surface area contributed by atoms with Crippen LogP contribution in [0.15, 0.2) is 207 Å². The molecule has 0 saturated carbocycles. The molecule has 3 heterocycles. The van der Waals surface area contributed by atoms with E-state index in [0.29, 0.717) is 5.56 Å². The first-order chi connectivity index (χ1) is 33.3. The van der Waals surface area contributed by atoms with E-state index in [-0.39, 0.29) is 0 Å².